The van der Waals surface area contributed by atoms with E-state index in [1.807, 2.05) is 12.3 Å². The van der Waals surface area contributed by atoms with Crippen molar-refractivity contribution in [3.05, 3.63) is 83.0 Å². The molecule has 4 heteroatoms. The van der Waals surface area contributed by atoms with Gasteiger partial charge in [0.15, 0.2) is 0 Å². The van der Waals surface area contributed by atoms with Crippen LogP contribution < -0.4 is 10.6 Å². The number of fused-ring (bicyclic) bond motifs is 2. The van der Waals surface area contributed by atoms with Crippen LogP contribution in [0.3, 0.4) is 0 Å². The van der Waals surface area contributed by atoms with Gasteiger partial charge in [-0.25, -0.2) is 4.98 Å². The van der Waals surface area contributed by atoms with Crippen LogP contribution in [0.2, 0.25) is 0 Å². The van der Waals surface area contributed by atoms with Crippen LogP contribution in [0.25, 0.3) is 0 Å². The van der Waals surface area contributed by atoms with Crippen LogP contribution in [0.1, 0.15) is 60.0 Å². The summed E-state index contributed by atoms with van der Waals surface area (Å²) in [5.74, 6) is 1.60. The van der Waals surface area contributed by atoms with Crippen LogP contribution >= 0.6 is 0 Å². The first-order valence-electron chi connectivity index (χ1n) is 10.4. The second-order valence-electron chi connectivity index (χ2n) is 7.84. The van der Waals surface area contributed by atoms with Gasteiger partial charge in [0.25, 0.3) is 0 Å². The summed E-state index contributed by atoms with van der Waals surface area (Å²) < 4.78 is 0. The molecule has 0 saturated heterocycles. The average Bonchev–Trinajstić information content (AvgIpc) is 2.75. The lowest BCUT2D eigenvalue weighted by molar-refractivity contribution is 0.593. The van der Waals surface area contributed by atoms with Gasteiger partial charge in [0.1, 0.15) is 5.82 Å². The van der Waals surface area contributed by atoms with Crippen molar-refractivity contribution in [1.82, 2.24) is 9.97 Å². The quantitative estimate of drug-likeness (QED) is 0.641. The highest BCUT2D eigenvalue weighted by Gasteiger charge is 2.22. The van der Waals surface area contributed by atoms with E-state index in [1.165, 1.54) is 41.5 Å². The smallest absolute Gasteiger partial charge is 0.225 e. The number of hydrogen-bond acceptors (Lipinski definition) is 4. The fourth-order valence-corrected chi connectivity index (χ4v) is 4.65. The van der Waals surface area contributed by atoms with Gasteiger partial charge in [-0.2, -0.15) is 4.98 Å². The Kier molecular flexibility index (Phi) is 4.69. The molecule has 0 bridgehead atoms. The minimum atomic E-state index is 0.288. The zero-order valence-electron chi connectivity index (χ0n) is 16.1. The van der Waals surface area contributed by atoms with Gasteiger partial charge in [-0.1, -0.05) is 48.5 Å². The number of aromatic nitrogens is 2. The molecule has 4 nitrogen and oxygen atoms in total. The summed E-state index contributed by atoms with van der Waals surface area (Å²) in [7, 11) is 0. The molecule has 1 aromatic heterocycles. The lowest BCUT2D eigenvalue weighted by Gasteiger charge is -2.28. The van der Waals surface area contributed by atoms with Crippen LogP contribution in [-0.4, -0.2) is 9.97 Å². The Morgan fingerprint density at radius 1 is 0.714 bits per heavy atom. The van der Waals surface area contributed by atoms with E-state index in [-0.39, 0.29) is 6.04 Å². The van der Waals surface area contributed by atoms with Gasteiger partial charge in [-0.3, -0.25) is 0 Å². The zero-order chi connectivity index (χ0) is 18.8. The molecular formula is C24H26N4. The minimum absolute atomic E-state index is 0.288. The Bertz CT molecular complexity index is 893. The lowest BCUT2D eigenvalue weighted by atomic mass is 9.88. The van der Waals surface area contributed by atoms with Crippen LogP contribution in [0.4, 0.5) is 11.8 Å². The van der Waals surface area contributed by atoms with Crippen molar-refractivity contribution in [2.45, 2.75) is 50.6 Å². The van der Waals surface area contributed by atoms with E-state index in [0.717, 1.165) is 25.1 Å². The molecule has 5 rings (SSSR count). The van der Waals surface area contributed by atoms with Crippen molar-refractivity contribution in [3.63, 3.8) is 0 Å². The third-order valence-electron chi connectivity index (χ3n) is 6.02. The van der Waals surface area contributed by atoms with Gasteiger partial charge >= 0.3 is 0 Å². The fourth-order valence-electron chi connectivity index (χ4n) is 4.65. The van der Waals surface area contributed by atoms with E-state index in [9.17, 15) is 0 Å². The molecule has 0 saturated carbocycles. The molecule has 0 radical (unpaired) electrons. The highest BCUT2D eigenvalue weighted by molar-refractivity contribution is 5.46. The molecule has 1 unspecified atom stereocenters. The Morgan fingerprint density at radius 3 is 2.00 bits per heavy atom. The molecule has 3 aromatic rings. The summed E-state index contributed by atoms with van der Waals surface area (Å²) in [6.07, 6.45) is 8.86. The maximum absolute atomic E-state index is 4.77. The maximum atomic E-state index is 4.77. The fraction of sp³-hybridized carbons (Fsp3) is 0.333. The van der Waals surface area contributed by atoms with E-state index >= 15 is 0 Å². The molecule has 2 aromatic carbocycles. The van der Waals surface area contributed by atoms with Gasteiger partial charge in [0, 0.05) is 6.20 Å². The Labute approximate surface area is 166 Å². The van der Waals surface area contributed by atoms with Crippen LogP contribution in [0.5, 0.6) is 0 Å². The number of rotatable bonds is 4. The van der Waals surface area contributed by atoms with Crippen molar-refractivity contribution < 1.29 is 0 Å². The van der Waals surface area contributed by atoms with E-state index in [1.54, 1.807) is 0 Å². The molecule has 0 aliphatic heterocycles. The highest BCUT2D eigenvalue weighted by atomic mass is 15.2. The molecule has 0 spiro atoms. The van der Waals surface area contributed by atoms with E-state index in [0.29, 0.717) is 12.0 Å². The summed E-state index contributed by atoms with van der Waals surface area (Å²) in [4.78, 5) is 9.26. The number of nitrogens with one attached hydrogen (secondary N) is 2. The number of nitrogens with zero attached hydrogens (tertiary/aromatic N) is 2. The average molecular weight is 371 g/mol. The van der Waals surface area contributed by atoms with Gasteiger partial charge in [-0.15, -0.1) is 0 Å². The van der Waals surface area contributed by atoms with E-state index in [4.69, 9.17) is 4.98 Å². The number of benzene rings is 2. The molecule has 2 N–H and O–H groups in total. The summed E-state index contributed by atoms with van der Waals surface area (Å²) in [5.41, 5.74) is 5.69. The highest BCUT2D eigenvalue weighted by Crippen LogP contribution is 2.33. The lowest BCUT2D eigenvalue weighted by Crippen LogP contribution is -2.20. The zero-order valence-corrected chi connectivity index (χ0v) is 16.1. The van der Waals surface area contributed by atoms with E-state index < -0.39 is 0 Å². The first-order valence-corrected chi connectivity index (χ1v) is 10.4. The first-order chi connectivity index (χ1) is 13.9. The second-order valence-corrected chi connectivity index (χ2v) is 7.84. The summed E-state index contributed by atoms with van der Waals surface area (Å²) in [6, 6.07) is 20.1. The van der Waals surface area contributed by atoms with Gasteiger partial charge < -0.3 is 10.6 Å². The molecule has 2 aliphatic rings. The Morgan fingerprint density at radius 2 is 1.32 bits per heavy atom. The third kappa shape index (κ3) is 3.47. The van der Waals surface area contributed by atoms with E-state index in [2.05, 4.69) is 64.1 Å². The summed E-state index contributed by atoms with van der Waals surface area (Å²) >= 11 is 0. The molecule has 1 heterocycles. The van der Waals surface area contributed by atoms with Crippen LogP contribution in [-0.2, 0) is 12.8 Å². The summed E-state index contributed by atoms with van der Waals surface area (Å²) in [5, 5.41) is 7.21. The molecule has 0 fully saturated rings. The standard InChI is InChI=1S/C24H26N4/c1-3-11-19-17(7-1)9-5-13-21(19)26-23-15-16-25-24(28-23)27-22-14-6-10-18-8-2-4-12-20(18)22/h1-4,7-8,11-12,15-16,21-22H,5-6,9-10,13-14H2,(H2,25,26,27,28)/t21?,22-/m1/s1. The van der Waals surface area contributed by atoms with Gasteiger partial charge in [-0.05, 0) is 66.8 Å². The molecule has 2 aliphatic carbocycles. The SMILES string of the molecule is c1ccc2c(c1)CCCC2Nc1ccnc(N[C@@H]2CCCc3ccccc32)n1. The molecule has 0 amide bonds. The molecule has 142 valence electrons. The monoisotopic (exact) mass is 370 g/mol. The minimum Gasteiger partial charge on any atom is -0.363 e. The maximum Gasteiger partial charge on any atom is 0.225 e. The first kappa shape index (κ1) is 17.2. The summed E-state index contributed by atoms with van der Waals surface area (Å²) in [6.45, 7) is 0. The van der Waals surface area contributed by atoms with Crippen LogP contribution in [0, 0.1) is 0 Å². The predicted molar refractivity (Wildman–Crippen MR) is 114 cm³/mol. The molecule has 2 atom stereocenters. The van der Waals surface area contributed by atoms with Crippen molar-refractivity contribution in [2.75, 3.05) is 10.6 Å². The van der Waals surface area contributed by atoms with Crippen molar-refractivity contribution in [1.29, 1.82) is 0 Å². The van der Waals surface area contributed by atoms with Gasteiger partial charge in [0.05, 0.1) is 12.1 Å². The molecular weight excluding hydrogens is 344 g/mol. The Hall–Kier alpha value is -2.88. The topological polar surface area (TPSA) is 49.8 Å². The van der Waals surface area contributed by atoms with Gasteiger partial charge in [0.2, 0.25) is 5.95 Å². The number of hydrogen-bond donors (Lipinski definition) is 2. The number of aryl methyl sites for hydroxylation is 2. The second kappa shape index (κ2) is 7.63. The largest absolute Gasteiger partial charge is 0.363 e. The normalized spacial score (nSPS) is 20.7. The van der Waals surface area contributed by atoms with Crippen molar-refractivity contribution in [3.8, 4) is 0 Å². The molecule has 28 heavy (non-hydrogen) atoms. The predicted octanol–water partition coefficient (Wildman–Crippen LogP) is 5.46. The third-order valence-corrected chi connectivity index (χ3v) is 6.02. The van der Waals surface area contributed by atoms with Crippen molar-refractivity contribution >= 4 is 11.8 Å². The van der Waals surface area contributed by atoms with Crippen LogP contribution in [0.15, 0.2) is 60.8 Å². The number of anilines is 2. The van der Waals surface area contributed by atoms with Crippen molar-refractivity contribution in [2.24, 2.45) is 0 Å². The Balaban J connectivity index is 1.34.